The first kappa shape index (κ1) is 15.8. The van der Waals surface area contributed by atoms with Gasteiger partial charge in [0, 0.05) is 5.69 Å². The number of anilines is 1. The van der Waals surface area contributed by atoms with Crippen LogP contribution in [-0.2, 0) is 4.79 Å². The van der Waals surface area contributed by atoms with E-state index in [4.69, 9.17) is 22.1 Å². The molecule has 0 saturated carbocycles. The fourth-order valence-corrected chi connectivity index (χ4v) is 1.94. The Labute approximate surface area is 119 Å². The van der Waals surface area contributed by atoms with Crippen LogP contribution in [0.3, 0.4) is 0 Å². The monoisotopic (exact) mass is 284 g/mol. The van der Waals surface area contributed by atoms with Crippen LogP contribution in [0.25, 0.3) is 0 Å². The van der Waals surface area contributed by atoms with Gasteiger partial charge in [-0.1, -0.05) is 25.4 Å². The molecule has 4 nitrogen and oxygen atoms in total. The molecule has 1 rings (SSSR count). The van der Waals surface area contributed by atoms with Crippen molar-refractivity contribution in [2.45, 2.75) is 33.2 Å². The minimum atomic E-state index is -0.509. The Morgan fingerprint density at radius 3 is 2.68 bits per heavy atom. The number of halogens is 1. The first-order valence-corrected chi connectivity index (χ1v) is 6.80. The molecule has 0 aliphatic heterocycles. The fourth-order valence-electron chi connectivity index (χ4n) is 1.70. The van der Waals surface area contributed by atoms with Crippen molar-refractivity contribution >= 4 is 23.2 Å². The number of carbonyl (C=O) groups is 1. The number of hydrogen-bond acceptors (Lipinski definition) is 3. The van der Waals surface area contributed by atoms with Crippen molar-refractivity contribution in [3.63, 3.8) is 0 Å². The highest BCUT2D eigenvalue weighted by Gasteiger charge is 2.15. The van der Waals surface area contributed by atoms with Crippen LogP contribution in [0, 0.1) is 5.92 Å². The van der Waals surface area contributed by atoms with Crippen LogP contribution in [0.4, 0.5) is 5.69 Å². The number of amides is 1. The van der Waals surface area contributed by atoms with Crippen molar-refractivity contribution in [1.29, 1.82) is 0 Å². The maximum absolute atomic E-state index is 11.9. The summed E-state index contributed by atoms with van der Waals surface area (Å²) in [5.74, 6) is 0.784. The topological polar surface area (TPSA) is 64.3 Å². The lowest BCUT2D eigenvalue weighted by atomic mass is 10.0. The number of nitrogens with two attached hydrogens (primary N) is 1. The Bertz CT molecular complexity index is 435. The highest BCUT2D eigenvalue weighted by molar-refractivity contribution is 6.32. The summed E-state index contributed by atoms with van der Waals surface area (Å²) >= 11 is 6.05. The summed E-state index contributed by atoms with van der Waals surface area (Å²) in [5.41, 5.74) is 6.43. The molecular formula is C14H21ClN2O2. The van der Waals surface area contributed by atoms with Crippen molar-refractivity contribution in [2.24, 2.45) is 11.7 Å². The molecule has 0 aliphatic rings. The molecule has 0 aromatic heterocycles. The van der Waals surface area contributed by atoms with Crippen LogP contribution in [-0.4, -0.2) is 18.6 Å². The Morgan fingerprint density at radius 1 is 1.47 bits per heavy atom. The minimum Gasteiger partial charge on any atom is -0.492 e. The van der Waals surface area contributed by atoms with E-state index in [-0.39, 0.29) is 5.91 Å². The van der Waals surface area contributed by atoms with Gasteiger partial charge < -0.3 is 15.8 Å². The molecule has 5 heteroatoms. The lowest BCUT2D eigenvalue weighted by Crippen LogP contribution is -2.36. The molecule has 1 amide bonds. The van der Waals surface area contributed by atoms with E-state index < -0.39 is 6.04 Å². The lowest BCUT2D eigenvalue weighted by molar-refractivity contribution is -0.117. The van der Waals surface area contributed by atoms with E-state index in [1.165, 1.54) is 0 Å². The summed E-state index contributed by atoms with van der Waals surface area (Å²) in [6.45, 7) is 6.49. The number of hydrogen-bond donors (Lipinski definition) is 2. The molecule has 0 bridgehead atoms. The van der Waals surface area contributed by atoms with Gasteiger partial charge in [0.25, 0.3) is 0 Å². The van der Waals surface area contributed by atoms with Gasteiger partial charge in [0.2, 0.25) is 5.91 Å². The summed E-state index contributed by atoms with van der Waals surface area (Å²) in [6, 6.07) is 4.63. The molecule has 0 unspecified atom stereocenters. The molecular weight excluding hydrogens is 264 g/mol. The van der Waals surface area contributed by atoms with Gasteiger partial charge in [-0.25, -0.2) is 0 Å². The zero-order valence-corrected chi connectivity index (χ0v) is 12.3. The standard InChI is InChI=1S/C14H21ClN2O2/c1-4-19-13-6-5-10(8-11(13)15)17-14(18)12(16)7-9(2)3/h5-6,8-9,12H,4,7,16H2,1-3H3,(H,17,18)/t12-/m0/s1. The summed E-state index contributed by atoms with van der Waals surface area (Å²) in [4.78, 5) is 11.9. The average molecular weight is 285 g/mol. The normalized spacial score (nSPS) is 12.3. The maximum atomic E-state index is 11.9. The molecule has 0 radical (unpaired) electrons. The van der Waals surface area contributed by atoms with Gasteiger partial charge in [0.15, 0.2) is 0 Å². The van der Waals surface area contributed by atoms with Crippen molar-refractivity contribution < 1.29 is 9.53 Å². The van der Waals surface area contributed by atoms with E-state index in [9.17, 15) is 4.79 Å². The smallest absolute Gasteiger partial charge is 0.241 e. The Hall–Kier alpha value is -1.26. The van der Waals surface area contributed by atoms with Gasteiger partial charge >= 0.3 is 0 Å². The third-order valence-electron chi connectivity index (χ3n) is 2.56. The summed E-state index contributed by atoms with van der Waals surface area (Å²) < 4.78 is 5.33. The summed E-state index contributed by atoms with van der Waals surface area (Å²) in [7, 11) is 0. The molecule has 0 spiro atoms. The highest BCUT2D eigenvalue weighted by Crippen LogP contribution is 2.27. The zero-order chi connectivity index (χ0) is 14.4. The molecule has 19 heavy (non-hydrogen) atoms. The van der Waals surface area contributed by atoms with Crippen LogP contribution < -0.4 is 15.8 Å². The lowest BCUT2D eigenvalue weighted by Gasteiger charge is -2.15. The second-order valence-corrected chi connectivity index (χ2v) is 5.21. The molecule has 1 aromatic carbocycles. The average Bonchev–Trinajstić information content (AvgIpc) is 2.32. The molecule has 0 fully saturated rings. The quantitative estimate of drug-likeness (QED) is 0.844. The van der Waals surface area contributed by atoms with E-state index in [0.29, 0.717) is 35.4 Å². The fraction of sp³-hybridized carbons (Fsp3) is 0.500. The third kappa shape index (κ3) is 5.09. The van der Waals surface area contributed by atoms with Crippen molar-refractivity contribution in [1.82, 2.24) is 0 Å². The van der Waals surface area contributed by atoms with Crippen molar-refractivity contribution in [3.8, 4) is 5.75 Å². The van der Waals surface area contributed by atoms with E-state index in [1.807, 2.05) is 20.8 Å². The van der Waals surface area contributed by atoms with Crippen LogP contribution in [0.2, 0.25) is 5.02 Å². The van der Waals surface area contributed by atoms with Gasteiger partial charge in [-0.3, -0.25) is 4.79 Å². The number of nitrogens with one attached hydrogen (secondary N) is 1. The second kappa shape index (κ2) is 7.36. The van der Waals surface area contributed by atoms with Gasteiger partial charge in [-0.2, -0.15) is 0 Å². The highest BCUT2D eigenvalue weighted by atomic mass is 35.5. The van der Waals surface area contributed by atoms with Gasteiger partial charge in [-0.15, -0.1) is 0 Å². The maximum Gasteiger partial charge on any atom is 0.241 e. The van der Waals surface area contributed by atoms with Gasteiger partial charge in [-0.05, 0) is 37.5 Å². The molecule has 0 heterocycles. The van der Waals surface area contributed by atoms with E-state index >= 15 is 0 Å². The molecule has 106 valence electrons. The summed E-state index contributed by atoms with van der Waals surface area (Å²) in [5, 5.41) is 3.22. The van der Waals surface area contributed by atoms with Gasteiger partial charge in [0.05, 0.1) is 17.7 Å². The van der Waals surface area contributed by atoms with E-state index in [1.54, 1.807) is 18.2 Å². The second-order valence-electron chi connectivity index (χ2n) is 4.80. The predicted molar refractivity (Wildman–Crippen MR) is 78.7 cm³/mol. The largest absolute Gasteiger partial charge is 0.492 e. The molecule has 3 N–H and O–H groups in total. The SMILES string of the molecule is CCOc1ccc(NC(=O)[C@@H](N)CC(C)C)cc1Cl. The molecule has 0 saturated heterocycles. The predicted octanol–water partition coefficient (Wildman–Crippen LogP) is 3.05. The Morgan fingerprint density at radius 2 is 2.16 bits per heavy atom. The molecule has 1 aromatic rings. The van der Waals surface area contributed by atoms with E-state index in [2.05, 4.69) is 5.32 Å². The van der Waals surface area contributed by atoms with Crippen LogP contribution >= 0.6 is 11.6 Å². The van der Waals surface area contributed by atoms with E-state index in [0.717, 1.165) is 0 Å². The summed E-state index contributed by atoms with van der Waals surface area (Å²) in [6.07, 6.45) is 0.649. The Balaban J connectivity index is 2.67. The molecule has 1 atom stereocenters. The first-order chi connectivity index (χ1) is 8.93. The number of rotatable bonds is 6. The number of benzene rings is 1. The minimum absolute atomic E-state index is 0.200. The number of carbonyl (C=O) groups excluding carboxylic acids is 1. The van der Waals surface area contributed by atoms with Crippen LogP contribution in [0.15, 0.2) is 18.2 Å². The van der Waals surface area contributed by atoms with Crippen LogP contribution in [0.5, 0.6) is 5.75 Å². The number of ether oxygens (including phenoxy) is 1. The van der Waals surface area contributed by atoms with Crippen LogP contribution in [0.1, 0.15) is 27.2 Å². The Kier molecular flexibility index (Phi) is 6.12. The third-order valence-corrected chi connectivity index (χ3v) is 2.86. The molecule has 0 aliphatic carbocycles. The van der Waals surface area contributed by atoms with Crippen molar-refractivity contribution in [2.75, 3.05) is 11.9 Å². The zero-order valence-electron chi connectivity index (χ0n) is 11.6. The van der Waals surface area contributed by atoms with Gasteiger partial charge in [0.1, 0.15) is 5.75 Å². The first-order valence-electron chi connectivity index (χ1n) is 6.42. The van der Waals surface area contributed by atoms with Crippen molar-refractivity contribution in [3.05, 3.63) is 23.2 Å².